The van der Waals surface area contributed by atoms with Gasteiger partial charge in [-0.05, 0) is 92.3 Å². The topological polar surface area (TPSA) is 26.3 Å². The van der Waals surface area contributed by atoms with E-state index in [1.807, 2.05) is 0 Å². The van der Waals surface area contributed by atoms with Crippen molar-refractivity contribution in [2.45, 2.75) is 84.7 Å². The highest BCUT2D eigenvalue weighted by Crippen LogP contribution is 2.67. The Bertz CT molecular complexity index is 599. The van der Waals surface area contributed by atoms with E-state index < -0.39 is 0 Å². The Morgan fingerprint density at radius 1 is 1.15 bits per heavy atom. The normalized spacial score (nSPS) is 49.2. The number of fused-ring (bicyclic) bond motifs is 5. The second-order valence-electron chi connectivity index (χ2n) is 10.0. The molecule has 0 saturated heterocycles. The molecule has 3 heteroatoms. The summed E-state index contributed by atoms with van der Waals surface area (Å²) in [6.45, 7) is 6.72. The Morgan fingerprint density at radius 3 is 2.69 bits per heavy atom. The number of rotatable bonds is 2. The van der Waals surface area contributed by atoms with Gasteiger partial charge in [0.2, 0.25) is 0 Å². The average Bonchev–Trinajstić information content (AvgIpc) is 2.92. The molecule has 146 valence electrons. The Balaban J connectivity index is 1.54. The highest BCUT2D eigenvalue weighted by atomic mass is 79.9. The Hall–Kier alpha value is -0.310. The maximum Gasteiger partial charge on any atom is 0.302 e. The van der Waals surface area contributed by atoms with Crippen LogP contribution in [0.15, 0.2) is 11.6 Å². The summed E-state index contributed by atoms with van der Waals surface area (Å²) in [4.78, 5) is 11.4. The first-order valence-electron chi connectivity index (χ1n) is 10.8. The molecule has 4 aliphatic rings. The minimum absolute atomic E-state index is 0.0993. The van der Waals surface area contributed by atoms with E-state index in [0.29, 0.717) is 10.8 Å². The summed E-state index contributed by atoms with van der Waals surface area (Å²) < 4.78 is 5.60. The van der Waals surface area contributed by atoms with Crippen LogP contribution in [-0.2, 0) is 9.53 Å². The molecule has 0 aromatic carbocycles. The number of alkyl halides is 1. The number of allylic oxidation sites excluding steroid dienone is 2. The van der Waals surface area contributed by atoms with Gasteiger partial charge in [0, 0.05) is 12.3 Å². The molecule has 4 saturated carbocycles. The number of halogens is 1. The fourth-order valence-electron chi connectivity index (χ4n) is 7.84. The highest BCUT2D eigenvalue weighted by Gasteiger charge is 2.59. The van der Waals surface area contributed by atoms with Crippen molar-refractivity contribution in [1.82, 2.24) is 0 Å². The summed E-state index contributed by atoms with van der Waals surface area (Å²) in [7, 11) is 0. The third-order valence-corrected chi connectivity index (χ3v) is 9.45. The predicted molar refractivity (Wildman–Crippen MR) is 109 cm³/mol. The van der Waals surface area contributed by atoms with Crippen LogP contribution in [-0.4, -0.2) is 17.4 Å². The number of esters is 1. The number of ether oxygens (including phenoxy) is 1. The van der Waals surface area contributed by atoms with Crippen LogP contribution in [0, 0.1) is 34.5 Å². The number of hydrogen-bond acceptors (Lipinski definition) is 2. The second-order valence-corrected chi connectivity index (χ2v) is 10.7. The van der Waals surface area contributed by atoms with Crippen LogP contribution >= 0.6 is 15.9 Å². The SMILES string of the molecule is CC(=O)O[C@H]1CC[C@@]2(C)[C@@H](CC[C@H]3[C@H]2CC[C@@]2(C)/C(=C/CBr)CC[C@H]32)C1. The van der Waals surface area contributed by atoms with E-state index >= 15 is 0 Å². The monoisotopic (exact) mass is 422 g/mol. The van der Waals surface area contributed by atoms with Gasteiger partial charge in [0.1, 0.15) is 6.10 Å². The highest BCUT2D eigenvalue weighted by molar-refractivity contribution is 9.09. The average molecular weight is 423 g/mol. The minimum atomic E-state index is -0.0993. The van der Waals surface area contributed by atoms with Crippen LogP contribution in [0.3, 0.4) is 0 Å². The molecule has 0 spiro atoms. The van der Waals surface area contributed by atoms with Crippen LogP contribution in [0.4, 0.5) is 0 Å². The van der Waals surface area contributed by atoms with Crippen molar-refractivity contribution in [2.75, 3.05) is 5.33 Å². The van der Waals surface area contributed by atoms with Crippen LogP contribution < -0.4 is 0 Å². The van der Waals surface area contributed by atoms with Crippen molar-refractivity contribution in [3.05, 3.63) is 11.6 Å². The Labute approximate surface area is 167 Å². The largest absolute Gasteiger partial charge is 0.463 e. The van der Waals surface area contributed by atoms with Crippen LogP contribution in [0.1, 0.15) is 78.6 Å². The molecule has 0 aliphatic heterocycles. The molecule has 0 N–H and O–H groups in total. The lowest BCUT2D eigenvalue weighted by atomic mass is 9.45. The van der Waals surface area contributed by atoms with Gasteiger partial charge in [-0.2, -0.15) is 0 Å². The third-order valence-electron chi connectivity index (χ3n) is 9.12. The number of carbonyl (C=O) groups excluding carboxylic acids is 1. The van der Waals surface area contributed by atoms with Gasteiger partial charge in [0.15, 0.2) is 0 Å². The third kappa shape index (κ3) is 2.91. The maximum absolute atomic E-state index is 11.4. The number of hydrogen-bond donors (Lipinski definition) is 0. The van der Waals surface area contributed by atoms with Gasteiger partial charge in [0.05, 0.1) is 0 Å². The van der Waals surface area contributed by atoms with E-state index in [1.165, 1.54) is 44.9 Å². The van der Waals surface area contributed by atoms with Crippen LogP contribution in [0.25, 0.3) is 0 Å². The van der Waals surface area contributed by atoms with Gasteiger partial charge < -0.3 is 4.74 Å². The van der Waals surface area contributed by atoms with Crippen LogP contribution in [0.2, 0.25) is 0 Å². The zero-order valence-corrected chi connectivity index (χ0v) is 18.3. The van der Waals surface area contributed by atoms with E-state index in [1.54, 1.807) is 12.5 Å². The van der Waals surface area contributed by atoms with Gasteiger partial charge in [-0.1, -0.05) is 41.4 Å². The van der Waals surface area contributed by atoms with Crippen molar-refractivity contribution >= 4 is 21.9 Å². The number of carbonyl (C=O) groups is 1. The molecule has 0 bridgehead atoms. The van der Waals surface area contributed by atoms with Crippen LogP contribution in [0.5, 0.6) is 0 Å². The van der Waals surface area contributed by atoms with E-state index in [-0.39, 0.29) is 12.1 Å². The van der Waals surface area contributed by atoms with E-state index in [4.69, 9.17) is 4.74 Å². The zero-order valence-electron chi connectivity index (χ0n) is 16.7. The van der Waals surface area contributed by atoms with Gasteiger partial charge in [-0.15, -0.1) is 0 Å². The maximum atomic E-state index is 11.4. The molecule has 0 radical (unpaired) electrons. The summed E-state index contributed by atoms with van der Waals surface area (Å²) in [5.41, 5.74) is 2.68. The predicted octanol–water partition coefficient (Wildman–Crippen LogP) is 6.28. The molecular formula is C23H35BrO2. The molecule has 0 aromatic heterocycles. The van der Waals surface area contributed by atoms with Crippen molar-refractivity contribution in [3.63, 3.8) is 0 Å². The molecule has 4 aliphatic carbocycles. The van der Waals surface area contributed by atoms with Gasteiger partial charge in [-0.25, -0.2) is 0 Å². The molecule has 0 heterocycles. The first-order valence-corrected chi connectivity index (χ1v) is 11.9. The molecule has 26 heavy (non-hydrogen) atoms. The van der Waals surface area contributed by atoms with Gasteiger partial charge in [-0.3, -0.25) is 4.79 Å². The van der Waals surface area contributed by atoms with Crippen molar-refractivity contribution in [3.8, 4) is 0 Å². The van der Waals surface area contributed by atoms with E-state index in [2.05, 4.69) is 35.9 Å². The molecular weight excluding hydrogens is 388 g/mol. The lowest BCUT2D eigenvalue weighted by molar-refractivity contribution is -0.158. The molecule has 2 nitrogen and oxygen atoms in total. The smallest absolute Gasteiger partial charge is 0.302 e. The summed E-state index contributed by atoms with van der Waals surface area (Å²) in [6, 6.07) is 0. The van der Waals surface area contributed by atoms with E-state index in [0.717, 1.165) is 41.8 Å². The van der Waals surface area contributed by atoms with Crippen molar-refractivity contribution in [1.29, 1.82) is 0 Å². The lowest BCUT2D eigenvalue weighted by Crippen LogP contribution is -2.53. The first-order chi connectivity index (χ1) is 12.4. The van der Waals surface area contributed by atoms with Crippen molar-refractivity contribution < 1.29 is 9.53 Å². The molecule has 0 aromatic rings. The van der Waals surface area contributed by atoms with Gasteiger partial charge >= 0.3 is 5.97 Å². The minimum Gasteiger partial charge on any atom is -0.463 e. The quantitative estimate of drug-likeness (QED) is 0.297. The Kier molecular flexibility index (Phi) is 5.08. The summed E-state index contributed by atoms with van der Waals surface area (Å²) in [5, 5.41) is 1.01. The Morgan fingerprint density at radius 2 is 1.96 bits per heavy atom. The summed E-state index contributed by atoms with van der Waals surface area (Å²) in [6.07, 6.45) is 14.4. The zero-order chi connectivity index (χ0) is 18.5. The molecule has 0 amide bonds. The first kappa shape index (κ1) is 19.0. The fraction of sp³-hybridized carbons (Fsp3) is 0.870. The lowest BCUT2D eigenvalue weighted by Gasteiger charge is -2.60. The summed E-state index contributed by atoms with van der Waals surface area (Å²) >= 11 is 3.63. The molecule has 7 atom stereocenters. The van der Waals surface area contributed by atoms with Crippen molar-refractivity contribution in [2.24, 2.45) is 34.5 Å². The van der Waals surface area contributed by atoms with Gasteiger partial charge in [0.25, 0.3) is 0 Å². The molecule has 4 rings (SSSR count). The second kappa shape index (κ2) is 6.94. The summed E-state index contributed by atoms with van der Waals surface area (Å²) in [5.74, 6) is 3.36. The molecule has 0 unspecified atom stereocenters. The standard InChI is InChI=1S/C23H35BrO2/c1-15(25)26-18-8-11-23(3)17(14-18)4-6-19-20-7-5-16(10-13-24)22(20,2)12-9-21(19)23/h10,17-21H,4-9,11-14H2,1-3H3/b16-10+/t17-,18-,19+,20+,21+,22-,23-/m0/s1. The van der Waals surface area contributed by atoms with E-state index in [9.17, 15) is 4.79 Å². The fourth-order valence-corrected chi connectivity index (χ4v) is 8.23. The molecule has 4 fully saturated rings.